The van der Waals surface area contributed by atoms with E-state index in [4.69, 9.17) is 16.3 Å². The molecule has 0 bridgehead atoms. The van der Waals surface area contributed by atoms with Crippen LogP contribution in [0.1, 0.15) is 44.7 Å². The fourth-order valence-corrected chi connectivity index (χ4v) is 3.28. The van der Waals surface area contributed by atoms with Gasteiger partial charge in [0.25, 0.3) is 0 Å². The Morgan fingerprint density at radius 1 is 1.50 bits per heavy atom. The van der Waals surface area contributed by atoms with Crippen LogP contribution < -0.4 is 5.32 Å². The molecular formula is C15H20BrClFNO. The lowest BCUT2D eigenvalue weighted by molar-refractivity contribution is -0.0901. The number of halogens is 3. The first-order valence-corrected chi connectivity index (χ1v) is 8.17. The highest BCUT2D eigenvalue weighted by atomic mass is 79.9. The van der Waals surface area contributed by atoms with Gasteiger partial charge in [0.15, 0.2) is 0 Å². The van der Waals surface area contributed by atoms with E-state index >= 15 is 0 Å². The molecular weight excluding hydrogens is 345 g/mol. The third-order valence-corrected chi connectivity index (χ3v) is 5.15. The minimum absolute atomic E-state index is 0.129. The summed E-state index contributed by atoms with van der Waals surface area (Å²) in [6.45, 7) is 5.54. The van der Waals surface area contributed by atoms with E-state index in [2.05, 4.69) is 28.2 Å². The molecule has 1 aromatic rings. The van der Waals surface area contributed by atoms with Crippen LogP contribution in [0.2, 0.25) is 5.02 Å². The van der Waals surface area contributed by atoms with Crippen LogP contribution in [0.5, 0.6) is 0 Å². The number of likely N-dealkylation sites (N-methyl/N-ethyl adjacent to an activating group) is 1. The first kappa shape index (κ1) is 16.2. The largest absolute Gasteiger partial charge is 0.373 e. The van der Waals surface area contributed by atoms with Crippen molar-refractivity contribution in [1.82, 2.24) is 5.32 Å². The molecule has 1 aliphatic heterocycles. The summed E-state index contributed by atoms with van der Waals surface area (Å²) in [6, 6.07) is 3.37. The lowest BCUT2D eigenvalue weighted by Gasteiger charge is -2.41. The Bertz CT molecular complexity index is 477. The van der Waals surface area contributed by atoms with E-state index < -0.39 is 5.60 Å². The van der Waals surface area contributed by atoms with Crippen molar-refractivity contribution in [2.75, 3.05) is 13.2 Å². The van der Waals surface area contributed by atoms with Crippen LogP contribution in [-0.4, -0.2) is 18.8 Å². The van der Waals surface area contributed by atoms with Crippen molar-refractivity contribution < 1.29 is 9.13 Å². The van der Waals surface area contributed by atoms with Crippen LogP contribution in [0, 0.1) is 5.82 Å². The topological polar surface area (TPSA) is 21.3 Å². The average molecular weight is 365 g/mol. The van der Waals surface area contributed by atoms with E-state index in [-0.39, 0.29) is 16.9 Å². The zero-order valence-electron chi connectivity index (χ0n) is 11.8. The van der Waals surface area contributed by atoms with Gasteiger partial charge >= 0.3 is 0 Å². The van der Waals surface area contributed by atoms with Crippen molar-refractivity contribution in [1.29, 1.82) is 0 Å². The molecule has 0 aliphatic carbocycles. The maximum atomic E-state index is 14.5. The molecule has 0 amide bonds. The summed E-state index contributed by atoms with van der Waals surface area (Å²) in [4.78, 5) is 0. The lowest BCUT2D eigenvalue weighted by atomic mass is 9.84. The van der Waals surface area contributed by atoms with E-state index in [0.29, 0.717) is 10.0 Å². The third-order valence-electron chi connectivity index (χ3n) is 3.89. The van der Waals surface area contributed by atoms with Crippen LogP contribution in [0.25, 0.3) is 0 Å². The Kier molecular flexibility index (Phi) is 5.46. The molecule has 2 atom stereocenters. The average Bonchev–Trinajstić information content (AvgIpc) is 2.44. The molecule has 112 valence electrons. The number of rotatable bonds is 4. The van der Waals surface area contributed by atoms with Gasteiger partial charge in [0.1, 0.15) is 5.82 Å². The Labute approximate surface area is 133 Å². The highest BCUT2D eigenvalue weighted by Gasteiger charge is 2.39. The highest BCUT2D eigenvalue weighted by molar-refractivity contribution is 9.10. The smallest absolute Gasteiger partial charge is 0.147 e. The van der Waals surface area contributed by atoms with Crippen molar-refractivity contribution in [3.63, 3.8) is 0 Å². The zero-order valence-corrected chi connectivity index (χ0v) is 14.2. The zero-order chi connectivity index (χ0) is 14.8. The summed E-state index contributed by atoms with van der Waals surface area (Å²) in [5, 5.41) is 3.49. The molecule has 2 nitrogen and oxygen atoms in total. The number of benzene rings is 1. The second kappa shape index (κ2) is 6.73. The first-order chi connectivity index (χ1) is 9.49. The lowest BCUT2D eigenvalue weighted by Crippen LogP contribution is -2.46. The molecule has 2 rings (SSSR count). The van der Waals surface area contributed by atoms with Crippen molar-refractivity contribution in [3.05, 3.63) is 33.0 Å². The van der Waals surface area contributed by atoms with Crippen molar-refractivity contribution >= 4 is 27.5 Å². The van der Waals surface area contributed by atoms with Crippen LogP contribution in [0.15, 0.2) is 16.6 Å². The van der Waals surface area contributed by atoms with Gasteiger partial charge in [-0.3, -0.25) is 0 Å². The first-order valence-electron chi connectivity index (χ1n) is 7.00. The van der Waals surface area contributed by atoms with Gasteiger partial charge in [0, 0.05) is 16.6 Å². The summed E-state index contributed by atoms with van der Waals surface area (Å²) < 4.78 is 21.1. The predicted molar refractivity (Wildman–Crippen MR) is 83.7 cm³/mol. The molecule has 1 saturated heterocycles. The summed E-state index contributed by atoms with van der Waals surface area (Å²) in [5.74, 6) is -0.373. The Hall–Kier alpha value is -0.160. The summed E-state index contributed by atoms with van der Waals surface area (Å²) >= 11 is 9.28. The van der Waals surface area contributed by atoms with E-state index in [1.54, 1.807) is 12.1 Å². The summed E-state index contributed by atoms with van der Waals surface area (Å²) in [7, 11) is 0. The number of ether oxygens (including phenoxy) is 1. The van der Waals surface area contributed by atoms with Crippen molar-refractivity contribution in [2.45, 2.75) is 44.8 Å². The molecule has 1 aromatic carbocycles. The molecule has 1 fully saturated rings. The van der Waals surface area contributed by atoms with E-state index in [9.17, 15) is 4.39 Å². The Balaban J connectivity index is 2.40. The molecule has 1 aliphatic rings. The van der Waals surface area contributed by atoms with Crippen molar-refractivity contribution in [2.24, 2.45) is 0 Å². The molecule has 0 aromatic heterocycles. The Morgan fingerprint density at radius 3 is 2.85 bits per heavy atom. The fourth-order valence-electron chi connectivity index (χ4n) is 2.81. The Morgan fingerprint density at radius 2 is 2.25 bits per heavy atom. The fraction of sp³-hybridized carbons (Fsp3) is 0.600. The van der Waals surface area contributed by atoms with Gasteiger partial charge < -0.3 is 10.1 Å². The minimum atomic E-state index is -0.397. The highest BCUT2D eigenvalue weighted by Crippen LogP contribution is 2.40. The standard InChI is InChI=1S/C15H20BrClFNO/c1-3-19-14(15(2)8-4-5-9-20-15)10-6-7-11(16)12(17)13(10)18/h6-7,14,19H,3-5,8-9H2,1-2H3. The van der Waals surface area contributed by atoms with E-state index in [1.165, 1.54) is 0 Å². The molecule has 0 radical (unpaired) electrons. The monoisotopic (exact) mass is 363 g/mol. The van der Waals surface area contributed by atoms with E-state index in [0.717, 1.165) is 32.4 Å². The van der Waals surface area contributed by atoms with Crippen LogP contribution >= 0.6 is 27.5 Å². The van der Waals surface area contributed by atoms with Gasteiger partial charge in [-0.05, 0) is 54.7 Å². The molecule has 5 heteroatoms. The quantitative estimate of drug-likeness (QED) is 0.771. The molecule has 1 heterocycles. The summed E-state index contributed by atoms with van der Waals surface area (Å²) in [5.41, 5.74) is 0.177. The van der Waals surface area contributed by atoms with Gasteiger partial charge in [-0.15, -0.1) is 0 Å². The maximum Gasteiger partial charge on any atom is 0.147 e. The molecule has 0 spiro atoms. The van der Waals surface area contributed by atoms with Crippen LogP contribution in [-0.2, 0) is 4.74 Å². The van der Waals surface area contributed by atoms with Gasteiger partial charge in [0.05, 0.1) is 16.7 Å². The van der Waals surface area contributed by atoms with E-state index in [1.807, 2.05) is 6.92 Å². The summed E-state index contributed by atoms with van der Waals surface area (Å²) in [6.07, 6.45) is 3.08. The normalized spacial score (nSPS) is 24.6. The number of hydrogen-bond donors (Lipinski definition) is 1. The van der Waals surface area contributed by atoms with Gasteiger partial charge in [0.2, 0.25) is 0 Å². The minimum Gasteiger partial charge on any atom is -0.373 e. The van der Waals surface area contributed by atoms with Gasteiger partial charge in [-0.25, -0.2) is 4.39 Å². The molecule has 1 N–H and O–H groups in total. The molecule has 2 unspecified atom stereocenters. The number of nitrogens with one attached hydrogen (secondary N) is 1. The van der Waals surface area contributed by atoms with Crippen molar-refractivity contribution in [3.8, 4) is 0 Å². The van der Waals surface area contributed by atoms with Crippen LogP contribution in [0.4, 0.5) is 4.39 Å². The number of hydrogen-bond acceptors (Lipinski definition) is 2. The van der Waals surface area contributed by atoms with Gasteiger partial charge in [-0.2, -0.15) is 0 Å². The second-order valence-corrected chi connectivity index (χ2v) is 6.61. The molecule has 20 heavy (non-hydrogen) atoms. The predicted octanol–water partition coefficient (Wildman–Crippen LogP) is 4.85. The second-order valence-electron chi connectivity index (χ2n) is 5.37. The maximum absolute atomic E-state index is 14.5. The van der Waals surface area contributed by atoms with Gasteiger partial charge in [-0.1, -0.05) is 24.6 Å². The third kappa shape index (κ3) is 3.19. The van der Waals surface area contributed by atoms with Crippen LogP contribution in [0.3, 0.4) is 0 Å². The SMILES string of the molecule is CCNC(c1ccc(Br)c(Cl)c1F)C1(C)CCCCO1. The molecule has 0 saturated carbocycles.